The summed E-state index contributed by atoms with van der Waals surface area (Å²) < 4.78 is 0. The minimum Gasteiger partial charge on any atom is -0.465 e. The van der Waals surface area contributed by atoms with Gasteiger partial charge in [0.25, 0.3) is 0 Å². The maximum atomic E-state index is 11.2. The van der Waals surface area contributed by atoms with Crippen molar-refractivity contribution in [3.8, 4) is 0 Å². The van der Waals surface area contributed by atoms with Gasteiger partial charge < -0.3 is 10.8 Å². The molecule has 1 unspecified atom stereocenters. The number of hydrogen-bond donors (Lipinski definition) is 2. The quantitative estimate of drug-likeness (QED) is 0.706. The summed E-state index contributed by atoms with van der Waals surface area (Å²) >= 11 is 0. The van der Waals surface area contributed by atoms with Crippen LogP contribution in [0.1, 0.15) is 51.9 Å². The van der Waals surface area contributed by atoms with Gasteiger partial charge >= 0.3 is 6.09 Å². The fourth-order valence-corrected chi connectivity index (χ4v) is 2.36. The van der Waals surface area contributed by atoms with E-state index in [9.17, 15) is 4.79 Å². The third-order valence-corrected chi connectivity index (χ3v) is 3.13. The Morgan fingerprint density at radius 3 is 2.53 bits per heavy atom. The molecule has 4 nitrogen and oxygen atoms in total. The summed E-state index contributed by atoms with van der Waals surface area (Å²) in [6.45, 7) is 2.03. The topological polar surface area (TPSA) is 66.6 Å². The third kappa shape index (κ3) is 3.38. The van der Waals surface area contributed by atoms with Crippen molar-refractivity contribution in [1.29, 1.82) is 0 Å². The first-order valence-corrected chi connectivity index (χ1v) is 5.93. The molecule has 15 heavy (non-hydrogen) atoms. The zero-order valence-corrected chi connectivity index (χ0v) is 9.48. The van der Waals surface area contributed by atoms with Gasteiger partial charge in [-0.25, -0.2) is 4.79 Å². The van der Waals surface area contributed by atoms with Crippen molar-refractivity contribution in [1.82, 2.24) is 4.90 Å². The van der Waals surface area contributed by atoms with Crippen LogP contribution in [0, 0.1) is 0 Å². The summed E-state index contributed by atoms with van der Waals surface area (Å²) in [5, 5.41) is 9.17. The molecule has 1 aliphatic rings. The average Bonchev–Trinajstić information content (AvgIpc) is 2.19. The Morgan fingerprint density at radius 1 is 1.47 bits per heavy atom. The fourth-order valence-electron chi connectivity index (χ4n) is 2.36. The molecule has 0 aromatic carbocycles. The molecule has 4 heteroatoms. The van der Waals surface area contributed by atoms with Gasteiger partial charge in [0.05, 0.1) is 6.17 Å². The lowest BCUT2D eigenvalue weighted by Crippen LogP contribution is -2.51. The molecule has 1 amide bonds. The van der Waals surface area contributed by atoms with E-state index >= 15 is 0 Å². The zero-order chi connectivity index (χ0) is 11.3. The molecule has 1 saturated carbocycles. The summed E-state index contributed by atoms with van der Waals surface area (Å²) in [6.07, 6.45) is 5.94. The van der Waals surface area contributed by atoms with Gasteiger partial charge in [-0.05, 0) is 19.3 Å². The zero-order valence-electron chi connectivity index (χ0n) is 9.48. The van der Waals surface area contributed by atoms with Gasteiger partial charge in [0, 0.05) is 6.04 Å². The minimum atomic E-state index is -0.858. The molecule has 0 saturated heterocycles. The Balaban J connectivity index is 2.58. The van der Waals surface area contributed by atoms with Gasteiger partial charge in [-0.3, -0.25) is 4.90 Å². The van der Waals surface area contributed by atoms with Crippen LogP contribution in [-0.4, -0.2) is 28.3 Å². The van der Waals surface area contributed by atoms with Crippen LogP contribution in [0.15, 0.2) is 0 Å². The second-order valence-electron chi connectivity index (χ2n) is 4.34. The summed E-state index contributed by atoms with van der Waals surface area (Å²) in [6, 6.07) is 0.151. The van der Waals surface area contributed by atoms with Crippen molar-refractivity contribution in [3.05, 3.63) is 0 Å². The van der Waals surface area contributed by atoms with E-state index in [0.717, 1.165) is 38.5 Å². The van der Waals surface area contributed by atoms with Gasteiger partial charge in [0.2, 0.25) is 0 Å². The van der Waals surface area contributed by atoms with Crippen LogP contribution in [0.3, 0.4) is 0 Å². The fraction of sp³-hybridized carbons (Fsp3) is 0.909. The molecule has 1 rings (SSSR count). The molecule has 0 spiro atoms. The summed E-state index contributed by atoms with van der Waals surface area (Å²) in [5.74, 6) is 0. The van der Waals surface area contributed by atoms with E-state index in [1.807, 2.05) is 6.92 Å². The highest BCUT2D eigenvalue weighted by Gasteiger charge is 2.28. The molecule has 0 aliphatic heterocycles. The van der Waals surface area contributed by atoms with E-state index in [1.165, 1.54) is 11.3 Å². The highest BCUT2D eigenvalue weighted by atomic mass is 16.4. The maximum absolute atomic E-state index is 11.2. The molecule has 0 bridgehead atoms. The minimum absolute atomic E-state index is 0.151. The van der Waals surface area contributed by atoms with Crippen LogP contribution in [0.25, 0.3) is 0 Å². The lowest BCUT2D eigenvalue weighted by atomic mass is 9.94. The molecule has 0 aromatic heterocycles. The van der Waals surface area contributed by atoms with Crippen molar-refractivity contribution >= 4 is 6.09 Å². The van der Waals surface area contributed by atoms with Crippen molar-refractivity contribution in [2.75, 3.05) is 0 Å². The number of carbonyl (C=O) groups is 1. The molecule has 1 fully saturated rings. The monoisotopic (exact) mass is 214 g/mol. The average molecular weight is 214 g/mol. The number of hydrogen-bond acceptors (Lipinski definition) is 2. The lowest BCUT2D eigenvalue weighted by molar-refractivity contribution is 0.0821. The molecular formula is C11H22N2O2. The Labute approximate surface area is 91.4 Å². The van der Waals surface area contributed by atoms with Crippen molar-refractivity contribution in [3.63, 3.8) is 0 Å². The van der Waals surface area contributed by atoms with E-state index in [2.05, 4.69) is 0 Å². The van der Waals surface area contributed by atoms with Crippen LogP contribution in [0.2, 0.25) is 0 Å². The molecular weight excluding hydrogens is 192 g/mol. The predicted molar refractivity (Wildman–Crippen MR) is 59.6 cm³/mol. The Morgan fingerprint density at radius 2 is 2.07 bits per heavy atom. The number of nitrogens with zero attached hydrogens (tertiary/aromatic N) is 1. The first kappa shape index (κ1) is 12.3. The normalized spacial score (nSPS) is 19.9. The number of carboxylic acid groups (broad SMARTS) is 1. The van der Waals surface area contributed by atoms with Crippen LogP contribution in [-0.2, 0) is 0 Å². The third-order valence-electron chi connectivity index (χ3n) is 3.13. The Hall–Kier alpha value is -0.770. The van der Waals surface area contributed by atoms with Gasteiger partial charge in [-0.15, -0.1) is 0 Å². The molecule has 0 aromatic rings. The van der Waals surface area contributed by atoms with E-state index in [4.69, 9.17) is 10.8 Å². The van der Waals surface area contributed by atoms with Crippen molar-refractivity contribution < 1.29 is 9.90 Å². The molecule has 88 valence electrons. The summed E-state index contributed by atoms with van der Waals surface area (Å²) in [5.41, 5.74) is 5.91. The molecule has 1 aliphatic carbocycles. The Bertz CT molecular complexity index is 203. The number of amides is 1. The molecule has 3 N–H and O–H groups in total. The van der Waals surface area contributed by atoms with Crippen LogP contribution in [0.5, 0.6) is 0 Å². The number of rotatable bonds is 4. The molecule has 0 heterocycles. The standard InChI is InChI=1S/C11H22N2O2/c1-2-6-10(12)13(11(14)15)9-7-4-3-5-8-9/h9-10H,2-8,12H2,1H3,(H,14,15). The van der Waals surface area contributed by atoms with Gasteiger partial charge in [-0.2, -0.15) is 0 Å². The van der Waals surface area contributed by atoms with Gasteiger partial charge in [0.1, 0.15) is 0 Å². The van der Waals surface area contributed by atoms with Gasteiger partial charge in [0.15, 0.2) is 0 Å². The van der Waals surface area contributed by atoms with Gasteiger partial charge in [-0.1, -0.05) is 32.6 Å². The molecule has 1 atom stereocenters. The lowest BCUT2D eigenvalue weighted by Gasteiger charge is -2.36. The predicted octanol–water partition coefficient (Wildman–Crippen LogP) is 2.38. The maximum Gasteiger partial charge on any atom is 0.408 e. The summed E-state index contributed by atoms with van der Waals surface area (Å²) in [7, 11) is 0. The first-order chi connectivity index (χ1) is 7.16. The molecule has 0 radical (unpaired) electrons. The first-order valence-electron chi connectivity index (χ1n) is 5.93. The highest BCUT2D eigenvalue weighted by molar-refractivity contribution is 5.65. The second kappa shape index (κ2) is 5.95. The number of nitrogens with two attached hydrogens (primary N) is 1. The largest absolute Gasteiger partial charge is 0.465 e. The van der Waals surface area contributed by atoms with E-state index in [0.29, 0.717) is 0 Å². The van der Waals surface area contributed by atoms with E-state index in [1.54, 1.807) is 0 Å². The van der Waals surface area contributed by atoms with E-state index in [-0.39, 0.29) is 12.2 Å². The van der Waals surface area contributed by atoms with Crippen LogP contribution in [0.4, 0.5) is 4.79 Å². The summed E-state index contributed by atoms with van der Waals surface area (Å²) in [4.78, 5) is 12.6. The second-order valence-corrected chi connectivity index (χ2v) is 4.34. The SMILES string of the molecule is CCCC(N)N(C(=O)O)C1CCCCC1. The van der Waals surface area contributed by atoms with Crippen molar-refractivity contribution in [2.45, 2.75) is 64.1 Å². The van der Waals surface area contributed by atoms with Crippen LogP contribution < -0.4 is 5.73 Å². The van der Waals surface area contributed by atoms with Crippen molar-refractivity contribution in [2.24, 2.45) is 5.73 Å². The Kier molecular flexibility index (Phi) is 4.88. The van der Waals surface area contributed by atoms with E-state index < -0.39 is 6.09 Å². The van der Waals surface area contributed by atoms with Crippen LogP contribution >= 0.6 is 0 Å². The smallest absolute Gasteiger partial charge is 0.408 e. The highest BCUT2D eigenvalue weighted by Crippen LogP contribution is 2.24.